The molecule has 2 heterocycles. The van der Waals surface area contributed by atoms with E-state index in [9.17, 15) is 37.1 Å². The molecule has 0 saturated heterocycles. The maximum absolute atomic E-state index is 13.6. The molecule has 1 aromatic carbocycles. The number of carbonyl (C=O) groups excluding carboxylic acids is 3. The smallest absolute Gasteiger partial charge is 0.389 e. The number of hydrogen-bond donors (Lipinski definition) is 3. The molecule has 210 valence electrons. The molecule has 0 aliphatic heterocycles. The van der Waals surface area contributed by atoms with Crippen molar-refractivity contribution in [1.29, 1.82) is 0 Å². The van der Waals surface area contributed by atoms with E-state index in [0.29, 0.717) is 0 Å². The van der Waals surface area contributed by atoms with Gasteiger partial charge in [-0.25, -0.2) is 14.4 Å². The number of aliphatic hydroxyl groups excluding tert-OH is 1. The van der Waals surface area contributed by atoms with Crippen LogP contribution in [0.4, 0.5) is 17.6 Å². The number of Topliss-reactive ketones (excluding diaryl/α,β-unsaturated/α-hetero) is 1. The fraction of sp³-hybridized carbons (Fsp3) is 0.375. The summed E-state index contributed by atoms with van der Waals surface area (Å²) in [4.78, 5) is 46.4. The molecule has 0 spiro atoms. The maximum atomic E-state index is 13.6. The summed E-state index contributed by atoms with van der Waals surface area (Å²) in [7, 11) is 0. The lowest BCUT2D eigenvalue weighted by Gasteiger charge is -2.23. The van der Waals surface area contributed by atoms with Crippen molar-refractivity contribution < 1.29 is 41.5 Å². The zero-order chi connectivity index (χ0) is 28.7. The predicted octanol–water partition coefficient (Wildman–Crippen LogP) is 4.56. The molecule has 39 heavy (non-hydrogen) atoms. The number of amides is 2. The van der Waals surface area contributed by atoms with E-state index in [1.165, 1.54) is 24.6 Å². The van der Waals surface area contributed by atoms with E-state index >= 15 is 0 Å². The van der Waals surface area contributed by atoms with Crippen molar-refractivity contribution in [2.75, 3.05) is 0 Å². The Balaban J connectivity index is 1.78. The van der Waals surface area contributed by atoms with Crippen LogP contribution in [-0.4, -0.2) is 57.0 Å². The lowest BCUT2D eigenvalue weighted by molar-refractivity contribution is -0.137. The number of hydrogen-bond acceptors (Lipinski definition) is 8. The third kappa shape index (κ3) is 8.83. The number of aliphatic hydroxyl groups is 1. The Kier molecular flexibility index (Phi) is 10.2. The second-order valence-corrected chi connectivity index (χ2v) is 9.82. The molecule has 3 aromatic rings. The van der Waals surface area contributed by atoms with Crippen molar-refractivity contribution in [2.45, 2.75) is 57.0 Å². The Morgan fingerprint density at radius 2 is 1.87 bits per heavy atom. The Morgan fingerprint density at radius 1 is 1.13 bits per heavy atom. The SMILES string of the molecule is CC(O)CC[C@H](NC(=O)c1cnc(-c2cc(F)ccc2Cl)o1)C(=O)N[C@@H](CCC(F)(F)F)C(=O)c1nccs1. The molecular formula is C24H23ClF4N4O5S. The summed E-state index contributed by atoms with van der Waals surface area (Å²) < 4.78 is 57.7. The number of halogens is 5. The molecule has 0 radical (unpaired) electrons. The largest absolute Gasteiger partial charge is 0.431 e. The zero-order valence-electron chi connectivity index (χ0n) is 20.3. The van der Waals surface area contributed by atoms with Gasteiger partial charge in [-0.2, -0.15) is 13.2 Å². The van der Waals surface area contributed by atoms with Crippen molar-refractivity contribution >= 4 is 40.5 Å². The fourth-order valence-corrected chi connectivity index (χ4v) is 4.24. The number of ketones is 1. The van der Waals surface area contributed by atoms with Crippen LogP contribution in [-0.2, 0) is 4.79 Å². The summed E-state index contributed by atoms with van der Waals surface area (Å²) in [6.07, 6.45) is -5.31. The van der Waals surface area contributed by atoms with Crippen molar-refractivity contribution in [1.82, 2.24) is 20.6 Å². The average Bonchev–Trinajstić information content (AvgIpc) is 3.57. The summed E-state index contributed by atoms with van der Waals surface area (Å²) in [5, 5.41) is 15.8. The van der Waals surface area contributed by atoms with Crippen molar-refractivity contribution in [2.24, 2.45) is 0 Å². The van der Waals surface area contributed by atoms with Gasteiger partial charge in [0.2, 0.25) is 23.3 Å². The van der Waals surface area contributed by atoms with Gasteiger partial charge in [0.1, 0.15) is 11.9 Å². The summed E-state index contributed by atoms with van der Waals surface area (Å²) in [5.41, 5.74) is 0.0762. The van der Waals surface area contributed by atoms with Crippen molar-refractivity contribution in [3.63, 3.8) is 0 Å². The average molecular weight is 591 g/mol. The molecule has 3 N–H and O–H groups in total. The Bertz CT molecular complexity index is 1300. The van der Waals surface area contributed by atoms with Crippen LogP contribution in [0.5, 0.6) is 0 Å². The zero-order valence-corrected chi connectivity index (χ0v) is 21.9. The Morgan fingerprint density at radius 3 is 2.51 bits per heavy atom. The number of benzene rings is 1. The number of nitrogens with one attached hydrogen (secondary N) is 2. The molecule has 15 heteroatoms. The topological polar surface area (TPSA) is 134 Å². The van der Waals surface area contributed by atoms with Gasteiger partial charge < -0.3 is 20.2 Å². The molecular weight excluding hydrogens is 568 g/mol. The number of alkyl halides is 3. The van der Waals surface area contributed by atoms with E-state index in [1.807, 2.05) is 0 Å². The first-order valence-electron chi connectivity index (χ1n) is 11.5. The first-order chi connectivity index (χ1) is 18.3. The number of aromatic nitrogens is 2. The van der Waals surface area contributed by atoms with E-state index in [-0.39, 0.29) is 40.1 Å². The summed E-state index contributed by atoms with van der Waals surface area (Å²) in [6, 6.07) is 0.512. The van der Waals surface area contributed by atoms with Gasteiger partial charge in [-0.3, -0.25) is 14.4 Å². The second-order valence-electron chi connectivity index (χ2n) is 8.52. The summed E-state index contributed by atoms with van der Waals surface area (Å²) >= 11 is 6.94. The Hall–Kier alpha value is -3.36. The van der Waals surface area contributed by atoms with Crippen LogP contribution in [0, 0.1) is 5.82 Å². The molecule has 0 aliphatic rings. The van der Waals surface area contributed by atoms with Crippen molar-refractivity contribution in [3.05, 3.63) is 57.6 Å². The predicted molar refractivity (Wildman–Crippen MR) is 133 cm³/mol. The van der Waals surface area contributed by atoms with Gasteiger partial charge in [0.25, 0.3) is 5.91 Å². The molecule has 0 aliphatic carbocycles. The van der Waals surface area contributed by atoms with E-state index in [1.54, 1.807) is 0 Å². The molecule has 2 aromatic heterocycles. The molecule has 0 bridgehead atoms. The van der Waals surface area contributed by atoms with Crippen LogP contribution in [0.1, 0.15) is 53.0 Å². The third-order valence-corrected chi connectivity index (χ3v) is 6.49. The first kappa shape index (κ1) is 30.2. The maximum Gasteiger partial charge on any atom is 0.389 e. The number of thiazole rings is 1. The van der Waals surface area contributed by atoms with Crippen LogP contribution in [0.2, 0.25) is 5.02 Å². The number of rotatable bonds is 12. The molecule has 1 unspecified atom stereocenters. The lowest BCUT2D eigenvalue weighted by atomic mass is 10.0. The van der Waals surface area contributed by atoms with Crippen LogP contribution in [0.25, 0.3) is 11.5 Å². The van der Waals surface area contributed by atoms with Crippen molar-refractivity contribution in [3.8, 4) is 11.5 Å². The minimum absolute atomic E-state index is 0.0343. The van der Waals surface area contributed by atoms with E-state index < -0.39 is 60.6 Å². The standard InChI is InChI=1S/C24H23ClF4N4O5S/c1-12(34)2-5-17(20(36)32-16(6-7-24(27,28)29)19(35)23-30-8-9-39-23)33-21(37)18-11-31-22(38-18)14-10-13(26)3-4-15(14)25/h3-4,8-12,16-17,34H,2,5-7H2,1H3,(H,32,36)(H,33,37)/t12?,16-,17-/m0/s1. The summed E-state index contributed by atoms with van der Waals surface area (Å²) in [5.74, 6) is -3.85. The molecule has 0 saturated carbocycles. The van der Waals surface area contributed by atoms with Gasteiger partial charge in [-0.05, 0) is 44.4 Å². The lowest BCUT2D eigenvalue weighted by Crippen LogP contribution is -2.52. The quantitative estimate of drug-likeness (QED) is 0.208. The monoisotopic (exact) mass is 590 g/mol. The molecule has 3 atom stereocenters. The summed E-state index contributed by atoms with van der Waals surface area (Å²) in [6.45, 7) is 1.44. The van der Waals surface area contributed by atoms with Gasteiger partial charge in [-0.15, -0.1) is 11.3 Å². The minimum atomic E-state index is -4.58. The van der Waals surface area contributed by atoms with Gasteiger partial charge in [0.05, 0.1) is 28.9 Å². The normalized spacial score (nSPS) is 13.9. The van der Waals surface area contributed by atoms with Gasteiger partial charge >= 0.3 is 6.18 Å². The van der Waals surface area contributed by atoms with E-state index in [0.717, 1.165) is 29.7 Å². The fourth-order valence-electron chi connectivity index (χ4n) is 3.41. The molecule has 3 rings (SSSR count). The van der Waals surface area contributed by atoms with Crippen LogP contribution >= 0.6 is 22.9 Å². The van der Waals surface area contributed by atoms with Gasteiger partial charge in [-0.1, -0.05) is 11.6 Å². The number of carbonyl (C=O) groups is 3. The molecule has 9 nitrogen and oxygen atoms in total. The Labute approximate surface area is 228 Å². The second kappa shape index (κ2) is 13.1. The van der Waals surface area contributed by atoms with Gasteiger partial charge in [0, 0.05) is 18.0 Å². The first-order valence-corrected chi connectivity index (χ1v) is 12.8. The van der Waals surface area contributed by atoms with E-state index in [4.69, 9.17) is 16.0 Å². The molecule has 2 amide bonds. The van der Waals surface area contributed by atoms with Crippen LogP contribution < -0.4 is 10.6 Å². The number of nitrogens with zero attached hydrogens (tertiary/aromatic N) is 2. The minimum Gasteiger partial charge on any atom is -0.431 e. The highest BCUT2D eigenvalue weighted by Gasteiger charge is 2.34. The number of oxazole rings is 1. The highest BCUT2D eigenvalue weighted by atomic mass is 35.5. The van der Waals surface area contributed by atoms with Crippen LogP contribution in [0.3, 0.4) is 0 Å². The van der Waals surface area contributed by atoms with Gasteiger partial charge in [0.15, 0.2) is 5.01 Å². The van der Waals surface area contributed by atoms with Crippen LogP contribution in [0.15, 0.2) is 40.4 Å². The third-order valence-electron chi connectivity index (χ3n) is 5.38. The highest BCUT2D eigenvalue weighted by Crippen LogP contribution is 2.28. The van der Waals surface area contributed by atoms with E-state index in [2.05, 4.69) is 20.6 Å². The molecule has 0 fully saturated rings. The highest BCUT2D eigenvalue weighted by molar-refractivity contribution is 7.11.